The second-order valence-corrected chi connectivity index (χ2v) is 6.03. The normalized spacial score (nSPS) is 19.7. The Morgan fingerprint density at radius 3 is 2.95 bits per heavy atom. The zero-order valence-electron chi connectivity index (χ0n) is 12.7. The zero-order chi connectivity index (χ0) is 14.4. The molecule has 1 aliphatic rings. The maximum Gasteiger partial charge on any atom is 0.250 e. The number of hydrogen-bond donors (Lipinski definition) is 1. The van der Waals surface area contributed by atoms with E-state index in [9.17, 15) is 4.79 Å². The van der Waals surface area contributed by atoms with Crippen molar-refractivity contribution in [3.05, 3.63) is 34.7 Å². The van der Waals surface area contributed by atoms with Crippen LogP contribution in [0.1, 0.15) is 26.7 Å². The number of piperidine rings is 1. The summed E-state index contributed by atoms with van der Waals surface area (Å²) >= 11 is 0. The number of rotatable bonds is 6. The third kappa shape index (κ3) is 4.46. The first-order valence-electron chi connectivity index (χ1n) is 7.77. The van der Waals surface area contributed by atoms with E-state index in [4.69, 9.17) is 0 Å². The fraction of sp³-hybridized carbons (Fsp3) is 0.688. The second kappa shape index (κ2) is 7.60. The summed E-state index contributed by atoms with van der Waals surface area (Å²) in [6.07, 6.45) is 4.49. The Morgan fingerprint density at radius 2 is 2.30 bits per heavy atom. The number of aromatic nitrogens is 1. The van der Waals surface area contributed by atoms with Crippen molar-refractivity contribution in [1.29, 1.82) is 0 Å². The first kappa shape index (κ1) is 15.3. The maximum atomic E-state index is 11.7. The summed E-state index contributed by atoms with van der Waals surface area (Å²) in [5.74, 6) is 0.749. The number of nitrogens with zero attached hydrogens (tertiary/aromatic N) is 2. The third-order valence-corrected chi connectivity index (χ3v) is 4.15. The van der Waals surface area contributed by atoms with Crippen LogP contribution in [0, 0.1) is 5.92 Å². The molecule has 1 aliphatic heterocycles. The van der Waals surface area contributed by atoms with E-state index in [1.165, 1.54) is 12.8 Å². The molecule has 0 amide bonds. The summed E-state index contributed by atoms with van der Waals surface area (Å²) in [6, 6.07) is 5.88. The van der Waals surface area contributed by atoms with Gasteiger partial charge in [-0.1, -0.05) is 6.07 Å². The Bertz CT molecular complexity index is 449. The highest BCUT2D eigenvalue weighted by atomic mass is 16.1. The van der Waals surface area contributed by atoms with Crippen LogP contribution in [-0.4, -0.2) is 41.7 Å². The number of nitrogens with one attached hydrogen (secondary N) is 1. The smallest absolute Gasteiger partial charge is 0.250 e. The van der Waals surface area contributed by atoms with Gasteiger partial charge in [0.05, 0.1) is 0 Å². The Kier molecular flexibility index (Phi) is 5.80. The predicted octanol–water partition coefficient (Wildman–Crippen LogP) is 1.56. The summed E-state index contributed by atoms with van der Waals surface area (Å²) in [5.41, 5.74) is 0.0931. The molecule has 1 unspecified atom stereocenters. The topological polar surface area (TPSA) is 37.3 Å². The van der Waals surface area contributed by atoms with Crippen LogP contribution in [-0.2, 0) is 6.54 Å². The second-order valence-electron chi connectivity index (χ2n) is 6.03. The van der Waals surface area contributed by atoms with Gasteiger partial charge in [0.15, 0.2) is 0 Å². The Labute approximate surface area is 121 Å². The van der Waals surface area contributed by atoms with Crippen LogP contribution in [0.5, 0.6) is 0 Å². The van der Waals surface area contributed by atoms with E-state index in [1.807, 2.05) is 12.3 Å². The van der Waals surface area contributed by atoms with Gasteiger partial charge in [-0.2, -0.15) is 0 Å². The van der Waals surface area contributed by atoms with E-state index in [0.29, 0.717) is 6.04 Å². The highest BCUT2D eigenvalue weighted by Gasteiger charge is 2.18. The lowest BCUT2D eigenvalue weighted by Crippen LogP contribution is -2.42. The van der Waals surface area contributed by atoms with Crippen molar-refractivity contribution < 1.29 is 0 Å². The van der Waals surface area contributed by atoms with E-state index >= 15 is 0 Å². The molecule has 0 aliphatic carbocycles. The van der Waals surface area contributed by atoms with Gasteiger partial charge in [0.25, 0.3) is 5.56 Å². The van der Waals surface area contributed by atoms with Gasteiger partial charge in [-0.05, 0) is 51.8 Å². The largest absolute Gasteiger partial charge is 0.316 e. The van der Waals surface area contributed by atoms with Crippen LogP contribution in [0.2, 0.25) is 0 Å². The third-order valence-electron chi connectivity index (χ3n) is 4.15. The minimum atomic E-state index is 0.0931. The quantitative estimate of drug-likeness (QED) is 0.857. The Hall–Kier alpha value is -1.13. The fourth-order valence-electron chi connectivity index (χ4n) is 2.85. The van der Waals surface area contributed by atoms with Crippen molar-refractivity contribution in [2.45, 2.75) is 39.3 Å². The van der Waals surface area contributed by atoms with Crippen molar-refractivity contribution in [1.82, 2.24) is 14.8 Å². The lowest BCUT2D eigenvalue weighted by Gasteiger charge is -2.32. The molecule has 1 aromatic heterocycles. The minimum absolute atomic E-state index is 0.0931. The van der Waals surface area contributed by atoms with Gasteiger partial charge in [-0.3, -0.25) is 9.69 Å². The summed E-state index contributed by atoms with van der Waals surface area (Å²) < 4.78 is 1.80. The average molecular weight is 277 g/mol. The SMILES string of the molecule is CC(C)N(CCn1ccccc1=O)CC1CCCNC1. The molecule has 112 valence electrons. The molecule has 1 N–H and O–H groups in total. The molecule has 0 radical (unpaired) electrons. The van der Waals surface area contributed by atoms with Gasteiger partial charge in [-0.15, -0.1) is 0 Å². The van der Waals surface area contributed by atoms with Crippen LogP contribution in [0.3, 0.4) is 0 Å². The van der Waals surface area contributed by atoms with Crippen molar-refractivity contribution in [2.24, 2.45) is 5.92 Å². The summed E-state index contributed by atoms with van der Waals surface area (Å²) in [6.45, 7) is 9.63. The molecule has 2 heterocycles. The minimum Gasteiger partial charge on any atom is -0.316 e. The fourth-order valence-corrected chi connectivity index (χ4v) is 2.85. The molecule has 4 heteroatoms. The average Bonchev–Trinajstić information content (AvgIpc) is 2.46. The van der Waals surface area contributed by atoms with E-state index in [-0.39, 0.29) is 5.56 Å². The summed E-state index contributed by atoms with van der Waals surface area (Å²) in [7, 11) is 0. The Balaban J connectivity index is 1.89. The zero-order valence-corrected chi connectivity index (χ0v) is 12.7. The van der Waals surface area contributed by atoms with Gasteiger partial charge in [0.2, 0.25) is 0 Å². The molecule has 0 bridgehead atoms. The van der Waals surface area contributed by atoms with Crippen LogP contribution < -0.4 is 10.9 Å². The van der Waals surface area contributed by atoms with Crippen LogP contribution in [0.4, 0.5) is 0 Å². The van der Waals surface area contributed by atoms with Crippen molar-refractivity contribution in [3.8, 4) is 0 Å². The van der Waals surface area contributed by atoms with Crippen molar-refractivity contribution in [2.75, 3.05) is 26.2 Å². The number of pyridine rings is 1. The van der Waals surface area contributed by atoms with E-state index in [2.05, 4.69) is 24.1 Å². The highest BCUT2D eigenvalue weighted by molar-refractivity contribution is 4.93. The molecule has 0 saturated carbocycles. The monoisotopic (exact) mass is 277 g/mol. The molecule has 0 spiro atoms. The molecule has 1 saturated heterocycles. The van der Waals surface area contributed by atoms with Crippen molar-refractivity contribution in [3.63, 3.8) is 0 Å². The van der Waals surface area contributed by atoms with Crippen LogP contribution in [0.15, 0.2) is 29.2 Å². The molecule has 2 rings (SSSR count). The Morgan fingerprint density at radius 1 is 1.45 bits per heavy atom. The molecule has 1 aromatic rings. The molecule has 1 atom stereocenters. The highest BCUT2D eigenvalue weighted by Crippen LogP contribution is 2.13. The maximum absolute atomic E-state index is 11.7. The van der Waals surface area contributed by atoms with Gasteiger partial charge >= 0.3 is 0 Å². The van der Waals surface area contributed by atoms with Gasteiger partial charge in [-0.25, -0.2) is 0 Å². The molecular weight excluding hydrogens is 250 g/mol. The molecular formula is C16H27N3O. The lowest BCUT2D eigenvalue weighted by atomic mass is 9.98. The predicted molar refractivity (Wildman–Crippen MR) is 83.0 cm³/mol. The molecule has 20 heavy (non-hydrogen) atoms. The number of hydrogen-bond acceptors (Lipinski definition) is 3. The van der Waals surface area contributed by atoms with Crippen LogP contribution >= 0.6 is 0 Å². The lowest BCUT2D eigenvalue weighted by molar-refractivity contribution is 0.165. The molecule has 0 aromatic carbocycles. The first-order valence-corrected chi connectivity index (χ1v) is 7.77. The van der Waals surface area contributed by atoms with Crippen molar-refractivity contribution >= 4 is 0 Å². The van der Waals surface area contributed by atoms with Gasteiger partial charge in [0, 0.05) is 37.9 Å². The summed E-state index contributed by atoms with van der Waals surface area (Å²) in [4.78, 5) is 14.2. The van der Waals surface area contributed by atoms with Gasteiger partial charge in [0.1, 0.15) is 0 Å². The molecule has 4 nitrogen and oxygen atoms in total. The molecule has 1 fully saturated rings. The first-order chi connectivity index (χ1) is 9.66. The van der Waals surface area contributed by atoms with Crippen LogP contribution in [0.25, 0.3) is 0 Å². The van der Waals surface area contributed by atoms with E-state index < -0.39 is 0 Å². The summed E-state index contributed by atoms with van der Waals surface area (Å²) in [5, 5.41) is 3.48. The van der Waals surface area contributed by atoms with Gasteiger partial charge < -0.3 is 9.88 Å². The van der Waals surface area contributed by atoms with E-state index in [0.717, 1.165) is 38.6 Å². The van der Waals surface area contributed by atoms with E-state index in [1.54, 1.807) is 16.7 Å². The standard InChI is InChI=1S/C16H27N3O/c1-14(2)19(13-15-6-5-8-17-12-15)11-10-18-9-4-3-7-16(18)20/h3-4,7,9,14-15,17H,5-6,8,10-13H2,1-2H3.